The Kier molecular flexibility index (Phi) is 12.0. The van der Waals surface area contributed by atoms with Crippen molar-refractivity contribution in [2.24, 2.45) is 0 Å². The number of amides is 2. The van der Waals surface area contributed by atoms with Crippen LogP contribution in [0.5, 0.6) is 0 Å². The number of aryl methyl sites for hydroxylation is 2. The fraction of sp³-hybridized carbons (Fsp3) is 0.387. The van der Waals surface area contributed by atoms with E-state index in [0.29, 0.717) is 53.5 Å². The van der Waals surface area contributed by atoms with Crippen molar-refractivity contribution >= 4 is 92.3 Å². The van der Waals surface area contributed by atoms with Crippen molar-refractivity contribution in [2.45, 2.75) is 26.7 Å². The molecule has 1 aromatic carbocycles. The number of aromatic nitrogens is 3. The highest BCUT2D eigenvalue weighted by molar-refractivity contribution is 7.15. The molecule has 5 heterocycles. The Hall–Kier alpha value is -2.67. The number of piperazine rings is 2. The molecule has 0 bridgehead atoms. The zero-order chi connectivity index (χ0) is 32.8. The molecule has 6 rings (SSSR count). The highest BCUT2D eigenvalue weighted by Gasteiger charge is 2.24. The van der Waals surface area contributed by atoms with Crippen LogP contribution in [-0.4, -0.2) is 88.9 Å². The number of benzene rings is 1. The predicted molar refractivity (Wildman–Crippen MR) is 189 cm³/mol. The average molecular weight is 742 g/mol. The Balaban J connectivity index is 0.000000181. The van der Waals surface area contributed by atoms with Gasteiger partial charge >= 0.3 is 0 Å². The summed E-state index contributed by atoms with van der Waals surface area (Å²) >= 11 is 26.8. The topological polar surface area (TPSA) is 85.8 Å². The van der Waals surface area contributed by atoms with E-state index in [9.17, 15) is 9.59 Å². The first kappa shape index (κ1) is 34.7. The number of pyridine rings is 1. The first-order chi connectivity index (χ1) is 22.0. The monoisotopic (exact) mass is 739 g/mol. The molecular formula is C31H33Cl4N7O2S2. The summed E-state index contributed by atoms with van der Waals surface area (Å²) in [5, 5.41) is 3.18. The summed E-state index contributed by atoms with van der Waals surface area (Å²) in [6, 6.07) is 7.91. The van der Waals surface area contributed by atoms with E-state index in [1.807, 2.05) is 48.0 Å². The van der Waals surface area contributed by atoms with E-state index in [0.717, 1.165) is 63.0 Å². The number of carbonyl (C=O) groups is 2. The molecule has 0 spiro atoms. The molecular weight excluding hydrogens is 708 g/mol. The number of hydrogen-bond acceptors (Lipinski definition) is 9. The molecule has 2 aliphatic rings. The summed E-state index contributed by atoms with van der Waals surface area (Å²) in [6.07, 6.45) is 5.82. The first-order valence-corrected chi connectivity index (χ1v) is 17.8. The minimum Gasteiger partial charge on any atom is -0.368 e. The van der Waals surface area contributed by atoms with E-state index < -0.39 is 0 Å². The van der Waals surface area contributed by atoms with E-state index in [-0.39, 0.29) is 11.8 Å². The van der Waals surface area contributed by atoms with Crippen LogP contribution in [0.1, 0.15) is 20.5 Å². The van der Waals surface area contributed by atoms with Crippen LogP contribution in [0.4, 0.5) is 11.4 Å². The van der Waals surface area contributed by atoms with Gasteiger partial charge in [0.2, 0.25) is 11.8 Å². The summed E-state index contributed by atoms with van der Waals surface area (Å²) in [5.74, 6) is 0.240. The maximum absolute atomic E-state index is 12.3. The molecule has 3 aromatic heterocycles. The van der Waals surface area contributed by atoms with Crippen LogP contribution >= 0.6 is 69.1 Å². The van der Waals surface area contributed by atoms with Crippen molar-refractivity contribution in [3.05, 3.63) is 82.8 Å². The molecule has 0 saturated carbocycles. The van der Waals surface area contributed by atoms with Crippen LogP contribution in [0.3, 0.4) is 0 Å². The lowest BCUT2D eigenvalue weighted by Gasteiger charge is -2.36. The number of anilines is 2. The number of nitrogens with zero attached hydrogens (tertiary/aromatic N) is 7. The van der Waals surface area contributed by atoms with Crippen molar-refractivity contribution in [3.8, 4) is 0 Å². The van der Waals surface area contributed by atoms with Crippen LogP contribution in [0.2, 0.25) is 19.5 Å². The van der Waals surface area contributed by atoms with Crippen molar-refractivity contribution in [1.82, 2.24) is 24.8 Å². The normalized spacial score (nSPS) is 15.1. The van der Waals surface area contributed by atoms with E-state index >= 15 is 0 Å². The smallest absolute Gasteiger partial charge is 0.229 e. The Morgan fingerprint density at radius 1 is 0.674 bits per heavy atom. The lowest BCUT2D eigenvalue weighted by molar-refractivity contribution is -0.131. The van der Waals surface area contributed by atoms with Crippen LogP contribution < -0.4 is 9.80 Å². The molecule has 15 heteroatoms. The second-order valence-corrected chi connectivity index (χ2v) is 15.1. The van der Waals surface area contributed by atoms with E-state index in [4.69, 9.17) is 46.4 Å². The molecule has 0 radical (unpaired) electrons. The quantitative estimate of drug-likeness (QED) is 0.204. The van der Waals surface area contributed by atoms with Gasteiger partial charge in [-0.05, 0) is 37.6 Å². The maximum atomic E-state index is 12.3. The highest BCUT2D eigenvalue weighted by Crippen LogP contribution is 2.26. The Morgan fingerprint density at radius 3 is 1.72 bits per heavy atom. The van der Waals surface area contributed by atoms with Gasteiger partial charge in [-0.15, -0.1) is 22.7 Å². The molecule has 2 aliphatic heterocycles. The van der Waals surface area contributed by atoms with Gasteiger partial charge in [-0.1, -0.05) is 52.5 Å². The van der Waals surface area contributed by atoms with Crippen LogP contribution in [0, 0.1) is 13.8 Å². The highest BCUT2D eigenvalue weighted by atomic mass is 35.5. The third kappa shape index (κ3) is 9.23. The minimum absolute atomic E-state index is 0.109. The standard InChI is InChI=1S/C16H17Cl2N3OS.C15H16Cl2N4OS/c1-11-2-3-12(8-13(11)17)20-4-6-21(7-5-20)16(22)9-15-19-10-14(18)23-15;1-10-8-18-13(23-10)7-14(22)21-4-2-20(3-5-21)11-6-12(16)15(17)19-9-11/h2-3,8,10H,4-7,9H2,1H3;6,8-9H,2-5,7H2,1H3. The van der Waals surface area contributed by atoms with Gasteiger partial charge < -0.3 is 19.6 Å². The summed E-state index contributed by atoms with van der Waals surface area (Å²) in [7, 11) is 0. The Bertz CT molecular complexity index is 1550. The fourth-order valence-corrected chi connectivity index (χ4v) is 7.29. The fourth-order valence-electron chi connectivity index (χ4n) is 5.13. The molecule has 2 amide bonds. The second-order valence-electron chi connectivity index (χ2n) is 10.9. The number of halogens is 4. The molecule has 9 nitrogen and oxygen atoms in total. The van der Waals surface area contributed by atoms with Gasteiger partial charge in [0.05, 0.1) is 35.9 Å². The van der Waals surface area contributed by atoms with Crippen molar-refractivity contribution in [2.75, 3.05) is 62.2 Å². The molecule has 0 unspecified atom stereocenters. The largest absolute Gasteiger partial charge is 0.368 e. The van der Waals surface area contributed by atoms with Gasteiger partial charge in [-0.2, -0.15) is 0 Å². The molecule has 2 saturated heterocycles. The summed E-state index contributed by atoms with van der Waals surface area (Å²) in [6.45, 7) is 9.90. The number of hydrogen-bond donors (Lipinski definition) is 0. The van der Waals surface area contributed by atoms with Crippen molar-refractivity contribution < 1.29 is 9.59 Å². The first-order valence-electron chi connectivity index (χ1n) is 14.7. The van der Waals surface area contributed by atoms with E-state index in [2.05, 4.69) is 30.8 Å². The van der Waals surface area contributed by atoms with E-state index in [1.165, 1.54) is 11.3 Å². The van der Waals surface area contributed by atoms with Crippen LogP contribution in [-0.2, 0) is 22.4 Å². The van der Waals surface area contributed by atoms with Gasteiger partial charge in [-0.3, -0.25) is 9.59 Å². The lowest BCUT2D eigenvalue weighted by Crippen LogP contribution is -2.49. The summed E-state index contributed by atoms with van der Waals surface area (Å²) in [5.41, 5.74) is 3.12. The number of carbonyl (C=O) groups excluding carboxylic acids is 2. The second kappa shape index (κ2) is 16.0. The third-order valence-electron chi connectivity index (χ3n) is 7.73. The van der Waals surface area contributed by atoms with Gasteiger partial charge in [0.15, 0.2) is 0 Å². The van der Waals surface area contributed by atoms with Gasteiger partial charge in [0.1, 0.15) is 19.5 Å². The number of thiazole rings is 2. The Morgan fingerprint density at radius 2 is 1.22 bits per heavy atom. The average Bonchev–Trinajstić information content (AvgIpc) is 3.66. The third-order valence-corrected chi connectivity index (χ3v) is 10.9. The van der Waals surface area contributed by atoms with Gasteiger partial charge in [0.25, 0.3) is 0 Å². The number of rotatable bonds is 6. The molecule has 0 atom stereocenters. The predicted octanol–water partition coefficient (Wildman–Crippen LogP) is 6.69. The van der Waals surface area contributed by atoms with Crippen molar-refractivity contribution in [1.29, 1.82) is 0 Å². The summed E-state index contributed by atoms with van der Waals surface area (Å²) in [4.78, 5) is 46.5. The van der Waals surface area contributed by atoms with Crippen molar-refractivity contribution in [3.63, 3.8) is 0 Å². The minimum atomic E-state index is 0.109. The lowest BCUT2D eigenvalue weighted by atomic mass is 10.2. The van der Waals surface area contributed by atoms with Gasteiger partial charge in [-0.25, -0.2) is 15.0 Å². The molecule has 2 fully saturated rings. The molecule has 244 valence electrons. The SMILES string of the molecule is Cc1ccc(N2CCN(C(=O)Cc3ncc(Cl)s3)CC2)cc1Cl.Cc1cnc(CC(=O)N2CCN(c3cnc(Cl)c(Cl)c3)CC2)s1. The summed E-state index contributed by atoms with van der Waals surface area (Å²) < 4.78 is 0.619. The molecule has 0 N–H and O–H groups in total. The zero-order valence-corrected chi connectivity index (χ0v) is 30.0. The van der Waals surface area contributed by atoms with Crippen LogP contribution in [0.15, 0.2) is 42.9 Å². The maximum Gasteiger partial charge on any atom is 0.229 e. The molecule has 0 aliphatic carbocycles. The molecule has 4 aromatic rings. The van der Waals surface area contributed by atoms with Gasteiger partial charge in [0, 0.05) is 74.1 Å². The zero-order valence-electron chi connectivity index (χ0n) is 25.4. The van der Waals surface area contributed by atoms with E-state index in [1.54, 1.807) is 23.7 Å². The Labute approximate surface area is 296 Å². The molecule has 46 heavy (non-hydrogen) atoms. The van der Waals surface area contributed by atoms with Crippen LogP contribution in [0.25, 0.3) is 0 Å².